The molecule has 0 amide bonds. The Labute approximate surface area is 121 Å². The normalized spacial score (nSPS) is 12.5. The fourth-order valence-corrected chi connectivity index (χ4v) is 1.53. The lowest BCUT2D eigenvalue weighted by Crippen LogP contribution is -2.39. The van der Waals surface area contributed by atoms with Crippen LogP contribution < -0.4 is 10.6 Å². The lowest BCUT2D eigenvalue weighted by Gasteiger charge is -2.12. The highest BCUT2D eigenvalue weighted by molar-refractivity contribution is 5.79. The van der Waals surface area contributed by atoms with Crippen molar-refractivity contribution in [1.82, 2.24) is 20.8 Å². The second-order valence-corrected chi connectivity index (χ2v) is 4.39. The Hall–Kier alpha value is -1.80. The van der Waals surface area contributed by atoms with Crippen LogP contribution >= 0.6 is 0 Å². The molecule has 0 aliphatic rings. The van der Waals surface area contributed by atoms with Gasteiger partial charge in [-0.2, -0.15) is 18.2 Å². The van der Waals surface area contributed by atoms with Crippen molar-refractivity contribution in [3.05, 3.63) is 11.7 Å². The second-order valence-electron chi connectivity index (χ2n) is 4.39. The molecule has 0 unspecified atom stereocenters. The van der Waals surface area contributed by atoms with Crippen LogP contribution in [0.3, 0.4) is 0 Å². The molecule has 0 aromatic carbocycles. The van der Waals surface area contributed by atoms with Gasteiger partial charge in [0.2, 0.25) is 5.89 Å². The molecular weight excluding hydrogens is 287 g/mol. The zero-order valence-electron chi connectivity index (χ0n) is 12.1. The van der Waals surface area contributed by atoms with Crippen LogP contribution in [-0.2, 0) is 6.42 Å². The molecule has 1 aromatic rings. The maximum absolute atomic E-state index is 12.1. The summed E-state index contributed by atoms with van der Waals surface area (Å²) in [6.45, 7) is 4.43. The van der Waals surface area contributed by atoms with Crippen LogP contribution in [0.5, 0.6) is 0 Å². The van der Waals surface area contributed by atoms with Crippen LogP contribution in [0.15, 0.2) is 9.52 Å². The van der Waals surface area contributed by atoms with Gasteiger partial charge in [-0.25, -0.2) is 0 Å². The van der Waals surface area contributed by atoms with E-state index in [1.807, 2.05) is 6.92 Å². The molecule has 21 heavy (non-hydrogen) atoms. The van der Waals surface area contributed by atoms with E-state index in [9.17, 15) is 13.2 Å². The molecule has 1 rings (SSSR count). The van der Waals surface area contributed by atoms with Crippen molar-refractivity contribution in [1.29, 1.82) is 0 Å². The van der Waals surface area contributed by atoms with Gasteiger partial charge in [0.1, 0.15) is 0 Å². The van der Waals surface area contributed by atoms with Crippen LogP contribution in [0.2, 0.25) is 0 Å². The number of rotatable bonds is 7. The molecule has 0 saturated heterocycles. The maximum atomic E-state index is 12.1. The number of guanidine groups is 1. The standard InChI is InChI=1S/C12H20F3N5O/c1-3-16-11(18-8-6-12(13,14)15)17-7-4-5-10-19-9(2)20-21-10/h3-8H2,1-2H3,(H2,16,17,18). The van der Waals surface area contributed by atoms with E-state index in [-0.39, 0.29) is 6.54 Å². The predicted octanol–water partition coefficient (Wildman–Crippen LogP) is 1.82. The van der Waals surface area contributed by atoms with Crippen molar-refractivity contribution in [3.8, 4) is 0 Å². The van der Waals surface area contributed by atoms with E-state index in [1.165, 1.54) is 0 Å². The Balaban J connectivity index is 2.30. The summed E-state index contributed by atoms with van der Waals surface area (Å²) in [6, 6.07) is 0. The number of alkyl halides is 3. The van der Waals surface area contributed by atoms with E-state index in [0.29, 0.717) is 43.6 Å². The fraction of sp³-hybridized carbons (Fsp3) is 0.750. The van der Waals surface area contributed by atoms with Crippen LogP contribution in [0.4, 0.5) is 13.2 Å². The van der Waals surface area contributed by atoms with Crippen molar-refractivity contribution in [2.75, 3.05) is 19.6 Å². The van der Waals surface area contributed by atoms with E-state index in [0.717, 1.165) is 0 Å². The molecular formula is C12H20F3N5O. The highest BCUT2D eigenvalue weighted by atomic mass is 19.4. The Kier molecular flexibility index (Phi) is 6.97. The molecule has 0 bridgehead atoms. The minimum Gasteiger partial charge on any atom is -0.357 e. The topological polar surface area (TPSA) is 75.3 Å². The molecule has 0 spiro atoms. The SMILES string of the molecule is CCNC(=NCCCc1nc(C)no1)NCCC(F)(F)F. The number of aryl methyl sites for hydroxylation is 2. The Morgan fingerprint density at radius 2 is 2.10 bits per heavy atom. The Morgan fingerprint density at radius 3 is 2.67 bits per heavy atom. The summed E-state index contributed by atoms with van der Waals surface area (Å²) >= 11 is 0. The number of nitrogens with one attached hydrogen (secondary N) is 2. The zero-order valence-corrected chi connectivity index (χ0v) is 12.1. The van der Waals surface area contributed by atoms with Crippen molar-refractivity contribution in [2.24, 2.45) is 4.99 Å². The molecule has 1 heterocycles. The Bertz CT molecular complexity index is 444. The molecule has 0 aliphatic carbocycles. The van der Waals surface area contributed by atoms with Gasteiger partial charge in [-0.1, -0.05) is 5.16 Å². The molecule has 0 aliphatic heterocycles. The number of halogens is 3. The first-order chi connectivity index (χ1) is 9.90. The van der Waals surface area contributed by atoms with Gasteiger partial charge in [-0.05, 0) is 20.3 Å². The average Bonchev–Trinajstić information content (AvgIpc) is 2.79. The van der Waals surface area contributed by atoms with E-state index >= 15 is 0 Å². The number of hydrogen-bond acceptors (Lipinski definition) is 4. The highest BCUT2D eigenvalue weighted by Gasteiger charge is 2.26. The summed E-state index contributed by atoms with van der Waals surface area (Å²) in [5.41, 5.74) is 0. The molecule has 1 aromatic heterocycles. The van der Waals surface area contributed by atoms with Crippen LogP contribution in [0.25, 0.3) is 0 Å². The first kappa shape index (κ1) is 17.3. The van der Waals surface area contributed by atoms with Gasteiger partial charge in [0, 0.05) is 26.1 Å². The summed E-state index contributed by atoms with van der Waals surface area (Å²) < 4.78 is 41.1. The lowest BCUT2D eigenvalue weighted by atomic mass is 10.3. The second kappa shape index (κ2) is 8.48. The van der Waals surface area contributed by atoms with Gasteiger partial charge in [-0.15, -0.1) is 0 Å². The van der Waals surface area contributed by atoms with E-state index in [1.54, 1.807) is 6.92 Å². The summed E-state index contributed by atoms with van der Waals surface area (Å²) in [4.78, 5) is 8.25. The molecule has 0 atom stereocenters. The predicted molar refractivity (Wildman–Crippen MR) is 72.0 cm³/mol. The number of nitrogens with zero attached hydrogens (tertiary/aromatic N) is 3. The van der Waals surface area contributed by atoms with Crippen LogP contribution in [0, 0.1) is 6.92 Å². The first-order valence-corrected chi connectivity index (χ1v) is 6.79. The van der Waals surface area contributed by atoms with Crippen molar-refractivity contribution < 1.29 is 17.7 Å². The van der Waals surface area contributed by atoms with Gasteiger partial charge in [0.15, 0.2) is 11.8 Å². The summed E-state index contributed by atoms with van der Waals surface area (Å²) in [6.07, 6.45) is -3.79. The monoisotopic (exact) mass is 307 g/mol. The van der Waals surface area contributed by atoms with Crippen LogP contribution in [-0.4, -0.2) is 41.9 Å². The molecule has 6 nitrogen and oxygen atoms in total. The third-order valence-corrected chi connectivity index (χ3v) is 2.43. The summed E-state index contributed by atoms with van der Waals surface area (Å²) in [7, 11) is 0. The van der Waals surface area contributed by atoms with Crippen molar-refractivity contribution in [2.45, 2.75) is 39.3 Å². The average molecular weight is 307 g/mol. The Morgan fingerprint density at radius 1 is 1.33 bits per heavy atom. The molecule has 2 N–H and O–H groups in total. The van der Waals surface area contributed by atoms with E-state index in [2.05, 4.69) is 25.8 Å². The number of hydrogen-bond donors (Lipinski definition) is 2. The van der Waals surface area contributed by atoms with Gasteiger partial charge < -0.3 is 15.2 Å². The first-order valence-electron chi connectivity index (χ1n) is 6.79. The van der Waals surface area contributed by atoms with Gasteiger partial charge >= 0.3 is 6.18 Å². The maximum Gasteiger partial charge on any atom is 0.390 e. The van der Waals surface area contributed by atoms with Gasteiger partial charge in [0.25, 0.3) is 0 Å². The number of aromatic nitrogens is 2. The smallest absolute Gasteiger partial charge is 0.357 e. The molecule has 0 saturated carbocycles. The van der Waals surface area contributed by atoms with Crippen LogP contribution in [0.1, 0.15) is 31.5 Å². The minimum atomic E-state index is -4.17. The molecule has 0 radical (unpaired) electrons. The van der Waals surface area contributed by atoms with Gasteiger partial charge in [0.05, 0.1) is 6.42 Å². The molecule has 9 heteroatoms. The fourth-order valence-electron chi connectivity index (χ4n) is 1.53. The summed E-state index contributed by atoms with van der Waals surface area (Å²) in [5.74, 6) is 1.50. The van der Waals surface area contributed by atoms with E-state index < -0.39 is 12.6 Å². The summed E-state index contributed by atoms with van der Waals surface area (Å²) in [5, 5.41) is 9.21. The van der Waals surface area contributed by atoms with Gasteiger partial charge in [-0.3, -0.25) is 4.99 Å². The molecule has 120 valence electrons. The quantitative estimate of drug-likeness (QED) is 0.456. The van der Waals surface area contributed by atoms with E-state index in [4.69, 9.17) is 4.52 Å². The van der Waals surface area contributed by atoms with Crippen molar-refractivity contribution >= 4 is 5.96 Å². The largest absolute Gasteiger partial charge is 0.390 e. The highest BCUT2D eigenvalue weighted by Crippen LogP contribution is 2.17. The third kappa shape index (κ3) is 8.16. The molecule has 0 fully saturated rings. The lowest BCUT2D eigenvalue weighted by molar-refractivity contribution is -0.132. The third-order valence-electron chi connectivity index (χ3n) is 2.43. The minimum absolute atomic E-state index is 0.196. The van der Waals surface area contributed by atoms with Crippen molar-refractivity contribution in [3.63, 3.8) is 0 Å². The number of aliphatic imine (C=N–C) groups is 1. The zero-order chi connectivity index (χ0) is 15.7.